The van der Waals surface area contributed by atoms with E-state index in [0.29, 0.717) is 18.8 Å². The van der Waals surface area contributed by atoms with Gasteiger partial charge in [-0.25, -0.2) is 9.89 Å². The normalized spacial score (nSPS) is 21.2. The minimum Gasteiger partial charge on any atom is -0.367 e. The Bertz CT molecular complexity index is 673. The van der Waals surface area contributed by atoms with Crippen LogP contribution in [-0.2, 0) is 0 Å². The highest BCUT2D eigenvalue weighted by Gasteiger charge is 2.27. The minimum absolute atomic E-state index is 0.00207. The fourth-order valence-corrected chi connectivity index (χ4v) is 3.32. The Hall–Kier alpha value is -2.56. The molecule has 1 unspecified atom stereocenters. The highest BCUT2D eigenvalue weighted by Crippen LogP contribution is 2.21. The molecule has 1 saturated heterocycles. The summed E-state index contributed by atoms with van der Waals surface area (Å²) >= 11 is 0. The second-order valence-corrected chi connectivity index (χ2v) is 6.10. The predicted octanol–water partition coefficient (Wildman–Crippen LogP) is 0.462. The number of hydrogen-bond acceptors (Lipinski definition) is 5. The van der Waals surface area contributed by atoms with Crippen LogP contribution in [0, 0.1) is 11.3 Å². The van der Waals surface area contributed by atoms with E-state index in [1.54, 1.807) is 0 Å². The van der Waals surface area contributed by atoms with Crippen LogP contribution in [0.5, 0.6) is 0 Å². The number of amides is 2. The number of anilines is 1. The summed E-state index contributed by atoms with van der Waals surface area (Å²) in [6.07, 6.45) is 6.71. The molecule has 1 aliphatic heterocycles. The average Bonchev–Trinajstić information content (AvgIpc) is 3.19. The molecule has 8 heteroatoms. The maximum atomic E-state index is 12.0. The van der Waals surface area contributed by atoms with Crippen molar-refractivity contribution in [2.45, 2.75) is 44.2 Å². The second kappa shape index (κ2) is 6.69. The first-order chi connectivity index (χ1) is 11.2. The van der Waals surface area contributed by atoms with E-state index in [-0.39, 0.29) is 23.7 Å². The molecule has 2 heterocycles. The summed E-state index contributed by atoms with van der Waals surface area (Å²) in [5, 5.41) is 21.1. The van der Waals surface area contributed by atoms with Gasteiger partial charge < -0.3 is 15.5 Å². The largest absolute Gasteiger partial charge is 0.367 e. The van der Waals surface area contributed by atoms with Crippen molar-refractivity contribution < 1.29 is 4.79 Å². The van der Waals surface area contributed by atoms with E-state index in [1.165, 1.54) is 19.0 Å². The van der Waals surface area contributed by atoms with Crippen molar-refractivity contribution in [2.24, 2.45) is 0 Å². The standard InChI is InChI=1S/C15H20N6O2/c16-7-12-13(8-17-20-14(12)22)21-6-5-11(9-21)19-15(23)18-10-3-1-2-4-10/h8,10-11H,1-6,9H2,(H,20,22)(H2,18,19,23). The lowest BCUT2D eigenvalue weighted by Crippen LogP contribution is -2.46. The highest BCUT2D eigenvalue weighted by molar-refractivity contribution is 5.75. The van der Waals surface area contributed by atoms with Crippen molar-refractivity contribution in [3.8, 4) is 6.07 Å². The number of urea groups is 1. The molecule has 23 heavy (non-hydrogen) atoms. The Kier molecular flexibility index (Phi) is 4.46. The van der Waals surface area contributed by atoms with Crippen LogP contribution in [0.4, 0.5) is 10.5 Å². The third-order valence-electron chi connectivity index (χ3n) is 4.50. The van der Waals surface area contributed by atoms with Gasteiger partial charge in [-0.05, 0) is 19.3 Å². The molecular weight excluding hydrogens is 296 g/mol. The van der Waals surface area contributed by atoms with Crippen molar-refractivity contribution in [3.63, 3.8) is 0 Å². The Morgan fingerprint density at radius 2 is 2.04 bits per heavy atom. The van der Waals surface area contributed by atoms with Crippen molar-refractivity contribution in [1.82, 2.24) is 20.8 Å². The maximum absolute atomic E-state index is 12.0. The third-order valence-corrected chi connectivity index (χ3v) is 4.50. The van der Waals surface area contributed by atoms with Crippen molar-refractivity contribution in [1.29, 1.82) is 5.26 Å². The average molecular weight is 316 g/mol. The number of nitriles is 1. The summed E-state index contributed by atoms with van der Waals surface area (Å²) in [4.78, 5) is 25.6. The quantitative estimate of drug-likeness (QED) is 0.749. The summed E-state index contributed by atoms with van der Waals surface area (Å²) in [6.45, 7) is 1.24. The molecule has 0 spiro atoms. The van der Waals surface area contributed by atoms with Gasteiger partial charge >= 0.3 is 6.03 Å². The molecule has 3 rings (SSSR count). The molecule has 0 aromatic carbocycles. The van der Waals surface area contributed by atoms with Gasteiger partial charge in [0.1, 0.15) is 11.6 Å². The summed E-state index contributed by atoms with van der Waals surface area (Å²) in [5.74, 6) is 0. The summed E-state index contributed by atoms with van der Waals surface area (Å²) in [5.41, 5.74) is 0.105. The lowest BCUT2D eigenvalue weighted by Gasteiger charge is -2.20. The molecule has 2 aliphatic rings. The maximum Gasteiger partial charge on any atom is 0.315 e. The van der Waals surface area contributed by atoms with Gasteiger partial charge in [0.05, 0.1) is 11.9 Å². The molecule has 1 saturated carbocycles. The predicted molar refractivity (Wildman–Crippen MR) is 84.1 cm³/mol. The van der Waals surface area contributed by atoms with E-state index in [0.717, 1.165) is 19.3 Å². The Morgan fingerprint density at radius 1 is 1.30 bits per heavy atom. The van der Waals surface area contributed by atoms with Gasteiger partial charge in [-0.2, -0.15) is 10.4 Å². The molecule has 3 N–H and O–H groups in total. The molecule has 2 amide bonds. The lowest BCUT2D eigenvalue weighted by atomic mass is 10.2. The Morgan fingerprint density at radius 3 is 2.78 bits per heavy atom. The molecule has 8 nitrogen and oxygen atoms in total. The zero-order valence-corrected chi connectivity index (χ0v) is 12.8. The Labute approximate surface area is 133 Å². The van der Waals surface area contributed by atoms with Gasteiger partial charge in [-0.3, -0.25) is 4.79 Å². The van der Waals surface area contributed by atoms with E-state index in [9.17, 15) is 9.59 Å². The number of nitrogens with one attached hydrogen (secondary N) is 3. The van der Waals surface area contributed by atoms with E-state index < -0.39 is 5.56 Å². The molecule has 122 valence electrons. The molecule has 2 fully saturated rings. The number of hydrogen-bond donors (Lipinski definition) is 3. The van der Waals surface area contributed by atoms with Crippen molar-refractivity contribution >= 4 is 11.7 Å². The third kappa shape index (κ3) is 3.44. The molecule has 0 bridgehead atoms. The van der Waals surface area contributed by atoms with Gasteiger partial charge in [-0.15, -0.1) is 0 Å². The summed E-state index contributed by atoms with van der Waals surface area (Å²) in [6, 6.07) is 2.08. The van der Waals surface area contributed by atoms with Crippen molar-refractivity contribution in [3.05, 3.63) is 22.1 Å². The Balaban J connectivity index is 1.58. The van der Waals surface area contributed by atoms with Gasteiger partial charge in [0.2, 0.25) is 0 Å². The van der Waals surface area contributed by atoms with E-state index >= 15 is 0 Å². The fourth-order valence-electron chi connectivity index (χ4n) is 3.32. The molecular formula is C15H20N6O2. The van der Waals surface area contributed by atoms with Crippen LogP contribution in [0.15, 0.2) is 11.0 Å². The number of H-pyrrole nitrogens is 1. The van der Waals surface area contributed by atoms with Crippen LogP contribution in [0.1, 0.15) is 37.7 Å². The molecule has 0 radical (unpaired) electrons. The monoisotopic (exact) mass is 316 g/mol. The molecule has 1 aromatic heterocycles. The van der Waals surface area contributed by atoms with E-state index in [2.05, 4.69) is 20.8 Å². The van der Waals surface area contributed by atoms with Crippen LogP contribution in [0.2, 0.25) is 0 Å². The lowest BCUT2D eigenvalue weighted by molar-refractivity contribution is 0.234. The SMILES string of the molecule is N#Cc1c(N2CCC(NC(=O)NC3CCCC3)C2)cn[nH]c1=O. The van der Waals surface area contributed by atoms with Crippen LogP contribution in [0.25, 0.3) is 0 Å². The fraction of sp³-hybridized carbons (Fsp3) is 0.600. The number of aromatic nitrogens is 2. The van der Waals surface area contributed by atoms with Crippen LogP contribution < -0.4 is 21.1 Å². The van der Waals surface area contributed by atoms with Gasteiger partial charge in [-0.1, -0.05) is 12.8 Å². The van der Waals surface area contributed by atoms with E-state index in [1.807, 2.05) is 11.0 Å². The second-order valence-electron chi connectivity index (χ2n) is 6.10. The topological polar surface area (TPSA) is 114 Å². The number of carbonyl (C=O) groups excluding carboxylic acids is 1. The number of nitrogens with zero attached hydrogens (tertiary/aromatic N) is 3. The zero-order valence-electron chi connectivity index (χ0n) is 12.8. The van der Waals surface area contributed by atoms with Crippen LogP contribution >= 0.6 is 0 Å². The summed E-state index contributed by atoms with van der Waals surface area (Å²) < 4.78 is 0. The number of aromatic amines is 1. The van der Waals surface area contributed by atoms with Crippen LogP contribution in [-0.4, -0.2) is 41.4 Å². The molecule has 1 aromatic rings. The zero-order chi connectivity index (χ0) is 16.2. The van der Waals surface area contributed by atoms with E-state index in [4.69, 9.17) is 5.26 Å². The number of rotatable bonds is 3. The first kappa shape index (κ1) is 15.3. The number of carbonyl (C=O) groups is 1. The smallest absolute Gasteiger partial charge is 0.315 e. The molecule has 1 atom stereocenters. The van der Waals surface area contributed by atoms with Gasteiger partial charge in [0.15, 0.2) is 0 Å². The summed E-state index contributed by atoms with van der Waals surface area (Å²) in [7, 11) is 0. The van der Waals surface area contributed by atoms with Gasteiger partial charge in [0, 0.05) is 25.2 Å². The van der Waals surface area contributed by atoms with Gasteiger partial charge in [0.25, 0.3) is 5.56 Å². The first-order valence-corrected chi connectivity index (χ1v) is 7.97. The highest BCUT2D eigenvalue weighted by atomic mass is 16.2. The van der Waals surface area contributed by atoms with Crippen molar-refractivity contribution in [2.75, 3.05) is 18.0 Å². The van der Waals surface area contributed by atoms with Crippen LogP contribution in [0.3, 0.4) is 0 Å². The molecule has 1 aliphatic carbocycles. The first-order valence-electron chi connectivity index (χ1n) is 7.97. The minimum atomic E-state index is -0.486.